The number of amides is 1. The first-order valence-corrected chi connectivity index (χ1v) is 7.28. The number of hydrogen-bond acceptors (Lipinski definition) is 2. The number of likely N-dealkylation sites (tertiary alicyclic amines) is 1. The summed E-state index contributed by atoms with van der Waals surface area (Å²) in [6.07, 6.45) is 1.81. The fourth-order valence-corrected chi connectivity index (χ4v) is 2.54. The van der Waals surface area contributed by atoms with Crippen LogP contribution in [0.5, 0.6) is 0 Å². The average Bonchev–Trinajstić information content (AvgIpc) is 2.79. The molecule has 22 heavy (non-hydrogen) atoms. The highest BCUT2D eigenvalue weighted by Gasteiger charge is 2.33. The Hall–Kier alpha value is -2.68. The molecule has 1 amide bonds. The SMILES string of the molecule is Cc1ccc(/C=C2/CN(Cc3ccccc3)C(=O)C2=O)cc1. The lowest BCUT2D eigenvalue weighted by molar-refractivity contribution is -0.139. The minimum Gasteiger partial charge on any atom is -0.327 e. The zero-order chi connectivity index (χ0) is 15.5. The first-order chi connectivity index (χ1) is 10.6. The fraction of sp³-hybridized carbons (Fsp3) is 0.158. The summed E-state index contributed by atoms with van der Waals surface area (Å²) >= 11 is 0. The van der Waals surface area contributed by atoms with Crippen molar-refractivity contribution in [3.63, 3.8) is 0 Å². The van der Waals surface area contributed by atoms with E-state index in [1.165, 1.54) is 5.56 Å². The van der Waals surface area contributed by atoms with Crippen LogP contribution in [-0.4, -0.2) is 23.1 Å². The summed E-state index contributed by atoms with van der Waals surface area (Å²) in [6.45, 7) is 2.86. The molecule has 0 aromatic heterocycles. The van der Waals surface area contributed by atoms with E-state index in [4.69, 9.17) is 0 Å². The van der Waals surface area contributed by atoms with E-state index in [0.29, 0.717) is 18.7 Å². The number of Topliss-reactive ketones (excluding diaryl/α,β-unsaturated/α-hetero) is 1. The minimum atomic E-state index is -0.415. The third-order valence-electron chi connectivity index (χ3n) is 3.77. The Balaban J connectivity index is 1.79. The second kappa shape index (κ2) is 5.98. The van der Waals surface area contributed by atoms with Crippen LogP contribution in [0.1, 0.15) is 16.7 Å². The van der Waals surface area contributed by atoms with Crippen LogP contribution >= 0.6 is 0 Å². The first kappa shape index (κ1) is 14.3. The predicted octanol–water partition coefficient (Wildman–Crippen LogP) is 2.99. The monoisotopic (exact) mass is 291 g/mol. The fourth-order valence-electron chi connectivity index (χ4n) is 2.54. The number of nitrogens with zero attached hydrogens (tertiary/aromatic N) is 1. The number of hydrogen-bond donors (Lipinski definition) is 0. The van der Waals surface area contributed by atoms with Crippen molar-refractivity contribution in [1.82, 2.24) is 4.90 Å². The van der Waals surface area contributed by atoms with Gasteiger partial charge in [-0.3, -0.25) is 9.59 Å². The van der Waals surface area contributed by atoms with Gasteiger partial charge in [0.1, 0.15) is 0 Å². The highest BCUT2D eigenvalue weighted by Crippen LogP contribution is 2.19. The van der Waals surface area contributed by atoms with Gasteiger partial charge in [0, 0.05) is 12.1 Å². The van der Waals surface area contributed by atoms with E-state index in [-0.39, 0.29) is 0 Å². The van der Waals surface area contributed by atoms with Gasteiger partial charge in [0.15, 0.2) is 0 Å². The molecule has 3 nitrogen and oxygen atoms in total. The van der Waals surface area contributed by atoms with E-state index in [0.717, 1.165) is 11.1 Å². The lowest BCUT2D eigenvalue weighted by Crippen LogP contribution is -2.26. The maximum Gasteiger partial charge on any atom is 0.295 e. The molecule has 0 bridgehead atoms. The number of benzene rings is 2. The van der Waals surface area contributed by atoms with Gasteiger partial charge in [0.05, 0.1) is 6.54 Å². The van der Waals surface area contributed by atoms with Gasteiger partial charge in [-0.15, -0.1) is 0 Å². The van der Waals surface area contributed by atoms with Crippen LogP contribution in [0.15, 0.2) is 60.2 Å². The molecular formula is C19H17NO2. The first-order valence-electron chi connectivity index (χ1n) is 7.28. The summed E-state index contributed by atoms with van der Waals surface area (Å²) in [6, 6.07) is 17.6. The smallest absolute Gasteiger partial charge is 0.295 e. The molecule has 0 spiro atoms. The molecular weight excluding hydrogens is 274 g/mol. The van der Waals surface area contributed by atoms with Crippen LogP contribution in [0.25, 0.3) is 6.08 Å². The highest BCUT2D eigenvalue weighted by molar-refractivity contribution is 6.45. The molecule has 0 saturated carbocycles. The van der Waals surface area contributed by atoms with Crippen molar-refractivity contribution in [2.45, 2.75) is 13.5 Å². The number of rotatable bonds is 3. The van der Waals surface area contributed by atoms with Crippen molar-refractivity contribution in [1.29, 1.82) is 0 Å². The molecule has 0 N–H and O–H groups in total. The summed E-state index contributed by atoms with van der Waals surface area (Å²) in [5.74, 6) is -0.807. The Bertz CT molecular complexity index is 730. The molecule has 110 valence electrons. The van der Waals surface area contributed by atoms with Crippen LogP contribution in [0.3, 0.4) is 0 Å². The van der Waals surface area contributed by atoms with Gasteiger partial charge in [-0.2, -0.15) is 0 Å². The molecule has 1 aliphatic heterocycles. The topological polar surface area (TPSA) is 37.4 Å². The summed E-state index contributed by atoms with van der Waals surface area (Å²) < 4.78 is 0. The molecule has 1 aliphatic rings. The number of carbonyl (C=O) groups is 2. The van der Waals surface area contributed by atoms with Crippen LogP contribution < -0.4 is 0 Å². The molecule has 0 atom stereocenters. The maximum atomic E-state index is 12.1. The largest absolute Gasteiger partial charge is 0.327 e. The van der Waals surface area contributed by atoms with Gasteiger partial charge in [-0.05, 0) is 24.1 Å². The van der Waals surface area contributed by atoms with Crippen LogP contribution in [0.2, 0.25) is 0 Å². The van der Waals surface area contributed by atoms with Crippen LogP contribution in [0, 0.1) is 6.92 Å². The summed E-state index contributed by atoms with van der Waals surface area (Å²) in [5, 5.41) is 0. The molecule has 1 saturated heterocycles. The van der Waals surface area contributed by atoms with Gasteiger partial charge in [-0.1, -0.05) is 60.2 Å². The Kier molecular flexibility index (Phi) is 3.88. The Labute approximate surface area is 129 Å². The van der Waals surface area contributed by atoms with Crippen molar-refractivity contribution in [2.75, 3.05) is 6.54 Å². The van der Waals surface area contributed by atoms with E-state index in [1.54, 1.807) is 4.90 Å². The van der Waals surface area contributed by atoms with E-state index in [9.17, 15) is 9.59 Å². The van der Waals surface area contributed by atoms with Gasteiger partial charge in [-0.25, -0.2) is 0 Å². The van der Waals surface area contributed by atoms with Crippen LogP contribution in [-0.2, 0) is 16.1 Å². The standard InChI is InChI=1S/C19H17NO2/c1-14-7-9-15(10-8-14)11-17-13-20(19(22)18(17)21)12-16-5-3-2-4-6-16/h2-11H,12-13H2,1H3/b17-11-. The molecule has 1 fully saturated rings. The van der Waals surface area contributed by atoms with E-state index in [2.05, 4.69) is 0 Å². The van der Waals surface area contributed by atoms with Gasteiger partial charge < -0.3 is 4.90 Å². The zero-order valence-electron chi connectivity index (χ0n) is 12.5. The lowest BCUT2D eigenvalue weighted by atomic mass is 10.1. The zero-order valence-corrected chi connectivity index (χ0v) is 12.5. The predicted molar refractivity (Wildman–Crippen MR) is 86.0 cm³/mol. The summed E-state index contributed by atoms with van der Waals surface area (Å²) in [7, 11) is 0. The van der Waals surface area contributed by atoms with E-state index < -0.39 is 11.7 Å². The Morgan fingerprint density at radius 2 is 1.68 bits per heavy atom. The number of aryl methyl sites for hydroxylation is 1. The highest BCUT2D eigenvalue weighted by atomic mass is 16.2. The summed E-state index contributed by atoms with van der Waals surface area (Å²) in [5.41, 5.74) is 3.70. The maximum absolute atomic E-state index is 12.1. The van der Waals surface area contributed by atoms with Gasteiger partial charge >= 0.3 is 0 Å². The molecule has 1 heterocycles. The van der Waals surface area contributed by atoms with Crippen LogP contribution in [0.4, 0.5) is 0 Å². The quantitative estimate of drug-likeness (QED) is 0.644. The van der Waals surface area contributed by atoms with Crippen molar-refractivity contribution < 1.29 is 9.59 Å². The van der Waals surface area contributed by atoms with E-state index >= 15 is 0 Å². The Morgan fingerprint density at radius 1 is 1.00 bits per heavy atom. The molecule has 0 unspecified atom stereocenters. The Morgan fingerprint density at radius 3 is 2.36 bits per heavy atom. The average molecular weight is 291 g/mol. The molecule has 2 aromatic rings. The second-order valence-corrected chi connectivity index (χ2v) is 5.56. The number of ketones is 1. The molecule has 0 radical (unpaired) electrons. The third-order valence-corrected chi connectivity index (χ3v) is 3.77. The third kappa shape index (κ3) is 2.98. The van der Waals surface area contributed by atoms with Crippen molar-refractivity contribution >= 4 is 17.8 Å². The minimum absolute atomic E-state index is 0.375. The number of carbonyl (C=O) groups excluding carboxylic acids is 2. The van der Waals surface area contributed by atoms with Gasteiger partial charge in [0.25, 0.3) is 5.91 Å². The van der Waals surface area contributed by atoms with E-state index in [1.807, 2.05) is 67.6 Å². The summed E-state index contributed by atoms with van der Waals surface area (Å²) in [4.78, 5) is 25.8. The molecule has 0 aliphatic carbocycles. The normalized spacial score (nSPS) is 16.6. The molecule has 3 rings (SSSR count). The molecule has 3 heteroatoms. The van der Waals surface area contributed by atoms with Crippen molar-refractivity contribution in [3.05, 3.63) is 76.9 Å². The van der Waals surface area contributed by atoms with Gasteiger partial charge in [0.2, 0.25) is 5.78 Å². The molecule has 2 aromatic carbocycles. The van der Waals surface area contributed by atoms with Crippen molar-refractivity contribution in [2.24, 2.45) is 0 Å². The van der Waals surface area contributed by atoms with Crippen molar-refractivity contribution in [3.8, 4) is 0 Å². The lowest BCUT2D eigenvalue weighted by Gasteiger charge is -2.13. The second-order valence-electron chi connectivity index (χ2n) is 5.56.